The Morgan fingerprint density at radius 2 is 2.00 bits per heavy atom. The third-order valence-corrected chi connectivity index (χ3v) is 5.77. The van der Waals surface area contributed by atoms with Crippen LogP contribution in [0.3, 0.4) is 0 Å². The highest BCUT2D eigenvalue weighted by Crippen LogP contribution is 2.34. The number of pyridine rings is 1. The molecule has 2 N–H and O–H groups in total. The zero-order valence-corrected chi connectivity index (χ0v) is 16.4. The number of nitrogens with zero attached hydrogens (tertiary/aromatic N) is 2. The summed E-state index contributed by atoms with van der Waals surface area (Å²) in [4.78, 5) is 5.88. The Morgan fingerprint density at radius 1 is 1.30 bits per heavy atom. The van der Waals surface area contributed by atoms with Gasteiger partial charge in [0.1, 0.15) is 17.7 Å². The van der Waals surface area contributed by atoms with E-state index in [0.717, 1.165) is 30.1 Å². The van der Waals surface area contributed by atoms with Gasteiger partial charge < -0.3 is 15.0 Å². The van der Waals surface area contributed by atoms with Gasteiger partial charge in [-0.25, -0.2) is 4.98 Å². The Morgan fingerprint density at radius 3 is 2.59 bits per heavy atom. The summed E-state index contributed by atoms with van der Waals surface area (Å²) in [5.74, 6) is 0.570. The Bertz CT molecular complexity index is 786. The molecule has 0 spiro atoms. The average Bonchev–Trinajstić information content (AvgIpc) is 3.09. The van der Waals surface area contributed by atoms with Crippen molar-refractivity contribution >= 4 is 29.1 Å². The molecule has 1 aromatic carbocycles. The number of thioether (sulfide) groups is 1. The first-order chi connectivity index (χ1) is 12.7. The van der Waals surface area contributed by atoms with Crippen molar-refractivity contribution in [1.82, 2.24) is 4.98 Å². The summed E-state index contributed by atoms with van der Waals surface area (Å²) in [6.45, 7) is 0.769. The number of nitrogens with two attached hydrogens (primary N) is 1. The van der Waals surface area contributed by atoms with E-state index in [-0.39, 0.29) is 17.4 Å². The molecule has 0 bridgehead atoms. The zero-order chi connectivity index (χ0) is 19.6. The van der Waals surface area contributed by atoms with E-state index < -0.39 is 11.7 Å². The molecule has 3 rings (SSSR count). The Balaban J connectivity index is 1.56. The number of hydrogen-bond acceptors (Lipinski definition) is 4. The van der Waals surface area contributed by atoms with Gasteiger partial charge in [-0.2, -0.15) is 13.2 Å². The number of hydrogen-bond donors (Lipinski definition) is 1. The summed E-state index contributed by atoms with van der Waals surface area (Å²) in [6, 6.07) is 9.08. The number of quaternary nitrogens is 1. The van der Waals surface area contributed by atoms with E-state index in [1.54, 1.807) is 0 Å². The quantitative estimate of drug-likeness (QED) is 0.754. The second-order valence-corrected chi connectivity index (χ2v) is 7.87. The van der Waals surface area contributed by atoms with Gasteiger partial charge in [0, 0.05) is 37.3 Å². The second kappa shape index (κ2) is 8.26. The summed E-state index contributed by atoms with van der Waals surface area (Å²) in [5.41, 5.74) is 1.36. The fourth-order valence-electron chi connectivity index (χ4n) is 2.74. The average molecular weight is 419 g/mol. The minimum Gasteiger partial charge on any atom is -0.378 e. The molecule has 0 aliphatic carbocycles. The highest BCUT2D eigenvalue weighted by Gasteiger charge is 2.32. The Hall–Kier alpha value is -1.48. The van der Waals surface area contributed by atoms with Crippen molar-refractivity contribution in [3.63, 3.8) is 0 Å². The second-order valence-electron chi connectivity index (χ2n) is 6.46. The molecule has 0 amide bonds. The fraction of sp³-hybridized carbons (Fsp3) is 0.389. The summed E-state index contributed by atoms with van der Waals surface area (Å²) in [5, 5.41) is 2.50. The van der Waals surface area contributed by atoms with E-state index in [2.05, 4.69) is 10.3 Å². The van der Waals surface area contributed by atoms with Crippen molar-refractivity contribution in [2.45, 2.75) is 23.5 Å². The summed E-state index contributed by atoms with van der Waals surface area (Å²) >= 11 is 7.26. The van der Waals surface area contributed by atoms with E-state index in [0.29, 0.717) is 10.8 Å². The summed E-state index contributed by atoms with van der Waals surface area (Å²) in [7, 11) is 3.97. The molecule has 2 atom stereocenters. The molecule has 9 heteroatoms. The highest BCUT2D eigenvalue weighted by atomic mass is 35.5. The lowest BCUT2D eigenvalue weighted by atomic mass is 10.2. The molecule has 0 saturated carbocycles. The van der Waals surface area contributed by atoms with Gasteiger partial charge in [0.2, 0.25) is 6.23 Å². The molecule has 1 saturated heterocycles. The number of anilines is 1. The van der Waals surface area contributed by atoms with Crippen LogP contribution in [0.25, 0.3) is 0 Å². The molecule has 2 heterocycles. The lowest BCUT2D eigenvalue weighted by molar-refractivity contribution is -0.697. The largest absolute Gasteiger partial charge is 0.417 e. The first-order valence-corrected chi connectivity index (χ1v) is 9.72. The molecule has 0 radical (unpaired) electrons. The topological polar surface area (TPSA) is 42.0 Å². The lowest BCUT2D eigenvalue weighted by Gasteiger charge is -2.14. The van der Waals surface area contributed by atoms with Crippen LogP contribution < -0.4 is 10.2 Å². The molecule has 1 fully saturated rings. The van der Waals surface area contributed by atoms with E-state index in [4.69, 9.17) is 16.3 Å². The SMILES string of the molecule is CN(C)c1ccc([C@H]2[NH2+]C[C@H](CSc3ncc(C(F)(F)F)cc3Cl)O2)cc1. The van der Waals surface area contributed by atoms with Gasteiger partial charge in [-0.05, 0) is 30.3 Å². The summed E-state index contributed by atoms with van der Waals surface area (Å²) in [6.07, 6.45) is -3.75. The maximum atomic E-state index is 12.7. The van der Waals surface area contributed by atoms with Crippen LogP contribution in [0.1, 0.15) is 17.4 Å². The first kappa shape index (κ1) is 20.3. The van der Waals surface area contributed by atoms with Gasteiger partial charge in [-0.1, -0.05) is 11.6 Å². The normalized spacial score (nSPS) is 20.1. The van der Waals surface area contributed by atoms with Crippen molar-refractivity contribution in [3.8, 4) is 0 Å². The van der Waals surface area contributed by atoms with Crippen molar-refractivity contribution < 1.29 is 23.2 Å². The van der Waals surface area contributed by atoms with Crippen LogP contribution in [-0.2, 0) is 10.9 Å². The number of alkyl halides is 3. The first-order valence-electron chi connectivity index (χ1n) is 8.35. The van der Waals surface area contributed by atoms with Crippen LogP contribution >= 0.6 is 23.4 Å². The Labute approximate surface area is 165 Å². The maximum absolute atomic E-state index is 12.7. The summed E-state index contributed by atoms with van der Waals surface area (Å²) < 4.78 is 44.1. The van der Waals surface area contributed by atoms with E-state index in [9.17, 15) is 13.2 Å². The minimum absolute atomic E-state index is 0.00706. The van der Waals surface area contributed by atoms with Crippen molar-refractivity contribution in [2.75, 3.05) is 31.3 Å². The van der Waals surface area contributed by atoms with Gasteiger partial charge in [0.05, 0.1) is 10.6 Å². The third kappa shape index (κ3) is 5.07. The monoisotopic (exact) mass is 418 g/mol. The number of rotatable bonds is 5. The van der Waals surface area contributed by atoms with Crippen LogP contribution in [0.2, 0.25) is 5.02 Å². The molecule has 4 nitrogen and oxygen atoms in total. The van der Waals surface area contributed by atoms with E-state index >= 15 is 0 Å². The predicted molar refractivity (Wildman–Crippen MR) is 100 cm³/mol. The minimum atomic E-state index is -4.45. The number of benzene rings is 1. The van der Waals surface area contributed by atoms with Crippen LogP contribution in [0.15, 0.2) is 41.6 Å². The predicted octanol–water partition coefficient (Wildman–Crippen LogP) is 3.57. The molecule has 146 valence electrons. The van der Waals surface area contributed by atoms with Crippen LogP contribution in [-0.4, -0.2) is 37.5 Å². The number of aromatic nitrogens is 1. The number of ether oxygens (including phenoxy) is 1. The van der Waals surface area contributed by atoms with E-state index in [1.807, 2.05) is 43.3 Å². The molecule has 27 heavy (non-hydrogen) atoms. The molecule has 1 aliphatic heterocycles. The number of halogens is 4. The fourth-order valence-corrected chi connectivity index (χ4v) is 3.95. The zero-order valence-electron chi connectivity index (χ0n) is 14.8. The van der Waals surface area contributed by atoms with Gasteiger partial charge in [0.15, 0.2) is 0 Å². The van der Waals surface area contributed by atoms with Crippen LogP contribution in [0, 0.1) is 0 Å². The van der Waals surface area contributed by atoms with Gasteiger partial charge in [0.25, 0.3) is 0 Å². The Kier molecular flexibility index (Phi) is 6.20. The smallest absolute Gasteiger partial charge is 0.378 e. The van der Waals surface area contributed by atoms with Crippen molar-refractivity contribution in [3.05, 3.63) is 52.7 Å². The van der Waals surface area contributed by atoms with Gasteiger partial charge in [-0.3, -0.25) is 0 Å². The molecule has 2 aromatic rings. The maximum Gasteiger partial charge on any atom is 0.417 e. The van der Waals surface area contributed by atoms with Crippen molar-refractivity contribution in [2.24, 2.45) is 0 Å². The lowest BCUT2D eigenvalue weighted by Crippen LogP contribution is -2.82. The molecular formula is C18H20ClF3N3OS+. The van der Waals surface area contributed by atoms with E-state index in [1.165, 1.54) is 11.8 Å². The molecule has 1 aliphatic rings. The van der Waals surface area contributed by atoms with Crippen molar-refractivity contribution in [1.29, 1.82) is 0 Å². The molecular weight excluding hydrogens is 399 g/mol. The van der Waals surface area contributed by atoms with Crippen LogP contribution in [0.5, 0.6) is 0 Å². The standard InChI is InChI=1S/C18H19ClF3N3OS/c1-25(2)13-5-3-11(4-6-13)16-23-9-14(26-16)10-27-17-15(19)7-12(8-24-17)18(20,21)22/h3-8,14,16,23H,9-10H2,1-2H3/p+1/t14-,16+/m1/s1. The third-order valence-electron chi connectivity index (χ3n) is 4.23. The molecule has 1 aromatic heterocycles. The van der Waals surface area contributed by atoms with Crippen LogP contribution in [0.4, 0.5) is 18.9 Å². The van der Waals surface area contributed by atoms with Gasteiger partial charge >= 0.3 is 6.18 Å². The van der Waals surface area contributed by atoms with Gasteiger partial charge in [-0.15, -0.1) is 11.8 Å². The molecule has 0 unspecified atom stereocenters. The highest BCUT2D eigenvalue weighted by molar-refractivity contribution is 7.99.